The number of benzene rings is 8. The molecule has 2 heterocycles. The van der Waals surface area contributed by atoms with Gasteiger partial charge < -0.3 is 14.2 Å². The zero-order valence-electron chi connectivity index (χ0n) is 26.6. The van der Waals surface area contributed by atoms with Crippen LogP contribution in [-0.2, 0) is 0 Å². The van der Waals surface area contributed by atoms with E-state index in [2.05, 4.69) is 180 Å². The average molecular weight is 627 g/mol. The van der Waals surface area contributed by atoms with Crippen LogP contribution in [0.25, 0.3) is 55.0 Å². The van der Waals surface area contributed by atoms with Crippen LogP contribution in [0.1, 0.15) is 0 Å². The van der Waals surface area contributed by atoms with Crippen LogP contribution in [0.15, 0.2) is 186 Å². The van der Waals surface area contributed by atoms with Gasteiger partial charge in [0.15, 0.2) is 0 Å². The molecule has 0 amide bonds. The lowest BCUT2D eigenvalue weighted by molar-refractivity contribution is 0.669. The van der Waals surface area contributed by atoms with Gasteiger partial charge in [-0.25, -0.2) is 0 Å². The number of hydrogen-bond acceptors (Lipinski definition) is 3. The summed E-state index contributed by atoms with van der Waals surface area (Å²) in [5.74, 6) is 0. The number of anilines is 6. The largest absolute Gasteiger partial charge is 0.456 e. The standard InChI is InChI=1S/C46H30N2O/c1-3-13-34(14-4-1)47(37-26-27-39-38-17-7-8-20-44(38)49-45(39)30-37)36-24-21-31(22-25-36)33-23-28-42-41(29-33)40-18-9-11-32-12-10-19-43(46(32)40)48(42)35-15-5-2-6-16-35/h1-30H. The Balaban J connectivity index is 1.08. The summed E-state index contributed by atoms with van der Waals surface area (Å²) in [7, 11) is 0. The lowest BCUT2D eigenvalue weighted by atomic mass is 9.89. The fraction of sp³-hybridized carbons (Fsp3) is 0. The van der Waals surface area contributed by atoms with Crippen LogP contribution in [0.2, 0.25) is 0 Å². The lowest BCUT2D eigenvalue weighted by Gasteiger charge is -2.33. The quantitative estimate of drug-likeness (QED) is 0.189. The molecule has 0 saturated heterocycles. The smallest absolute Gasteiger partial charge is 0.137 e. The molecule has 0 spiro atoms. The van der Waals surface area contributed by atoms with Crippen molar-refractivity contribution in [3.05, 3.63) is 182 Å². The molecule has 1 aromatic heterocycles. The first-order valence-electron chi connectivity index (χ1n) is 16.7. The Hall–Kier alpha value is -6.58. The molecule has 230 valence electrons. The van der Waals surface area contributed by atoms with Gasteiger partial charge in [-0.15, -0.1) is 0 Å². The van der Waals surface area contributed by atoms with Crippen molar-refractivity contribution in [2.24, 2.45) is 0 Å². The third-order valence-electron chi connectivity index (χ3n) is 9.76. The average Bonchev–Trinajstić information content (AvgIpc) is 3.54. The molecule has 8 aromatic carbocycles. The molecule has 10 rings (SSSR count). The zero-order chi connectivity index (χ0) is 32.3. The maximum Gasteiger partial charge on any atom is 0.137 e. The molecule has 49 heavy (non-hydrogen) atoms. The number of furan rings is 1. The number of fused-ring (bicyclic) bond motifs is 5. The second kappa shape index (κ2) is 11.0. The van der Waals surface area contributed by atoms with Crippen LogP contribution in [-0.4, -0.2) is 0 Å². The van der Waals surface area contributed by atoms with Gasteiger partial charge in [0, 0.05) is 50.5 Å². The van der Waals surface area contributed by atoms with Crippen LogP contribution in [0.4, 0.5) is 34.1 Å². The minimum Gasteiger partial charge on any atom is -0.456 e. The van der Waals surface area contributed by atoms with Gasteiger partial charge in [0.25, 0.3) is 0 Å². The first-order valence-corrected chi connectivity index (χ1v) is 16.7. The van der Waals surface area contributed by atoms with E-state index in [1.165, 1.54) is 44.4 Å². The molecule has 0 bridgehead atoms. The molecular formula is C46H30N2O. The summed E-state index contributed by atoms with van der Waals surface area (Å²) in [6.45, 7) is 0. The summed E-state index contributed by atoms with van der Waals surface area (Å²) in [6.07, 6.45) is 0. The third-order valence-corrected chi connectivity index (χ3v) is 9.76. The molecule has 0 fully saturated rings. The number of rotatable bonds is 5. The Morgan fingerprint density at radius 3 is 1.92 bits per heavy atom. The van der Waals surface area contributed by atoms with Gasteiger partial charge in [-0.05, 0) is 94.9 Å². The van der Waals surface area contributed by atoms with E-state index < -0.39 is 0 Å². The molecule has 0 radical (unpaired) electrons. The third kappa shape index (κ3) is 4.44. The SMILES string of the molecule is c1ccc(N(c2ccc(-c3ccc4c(c3)-c3cccc5cccc(c35)N4c3ccccc3)cc2)c2ccc3c(c2)oc2ccccc23)cc1. The van der Waals surface area contributed by atoms with Crippen molar-refractivity contribution in [2.75, 3.05) is 9.80 Å². The van der Waals surface area contributed by atoms with Gasteiger partial charge >= 0.3 is 0 Å². The monoisotopic (exact) mass is 626 g/mol. The van der Waals surface area contributed by atoms with E-state index in [-0.39, 0.29) is 0 Å². The van der Waals surface area contributed by atoms with Crippen molar-refractivity contribution in [1.82, 2.24) is 0 Å². The van der Waals surface area contributed by atoms with Crippen LogP contribution in [0, 0.1) is 0 Å². The molecule has 0 N–H and O–H groups in total. The summed E-state index contributed by atoms with van der Waals surface area (Å²) < 4.78 is 6.29. The molecule has 3 nitrogen and oxygen atoms in total. The van der Waals surface area contributed by atoms with E-state index in [1.54, 1.807) is 0 Å². The Labute approximate surface area is 284 Å². The number of nitrogens with zero attached hydrogens (tertiary/aromatic N) is 2. The summed E-state index contributed by atoms with van der Waals surface area (Å²) >= 11 is 0. The van der Waals surface area contributed by atoms with E-state index >= 15 is 0 Å². The van der Waals surface area contributed by atoms with Gasteiger partial charge in [-0.2, -0.15) is 0 Å². The van der Waals surface area contributed by atoms with Crippen LogP contribution in [0.5, 0.6) is 0 Å². The predicted octanol–water partition coefficient (Wildman–Crippen LogP) is 13.3. The van der Waals surface area contributed by atoms with Crippen LogP contribution in [0.3, 0.4) is 0 Å². The van der Waals surface area contributed by atoms with E-state index in [0.717, 1.165) is 44.7 Å². The van der Waals surface area contributed by atoms with Crippen molar-refractivity contribution >= 4 is 66.8 Å². The highest BCUT2D eigenvalue weighted by molar-refractivity contribution is 6.14. The van der Waals surface area contributed by atoms with Gasteiger partial charge in [-0.1, -0.05) is 103 Å². The molecule has 0 atom stereocenters. The van der Waals surface area contributed by atoms with Crippen molar-refractivity contribution in [3.63, 3.8) is 0 Å². The predicted molar refractivity (Wildman–Crippen MR) is 205 cm³/mol. The molecule has 9 aromatic rings. The normalized spacial score (nSPS) is 12.0. The second-order valence-electron chi connectivity index (χ2n) is 12.6. The van der Waals surface area contributed by atoms with Gasteiger partial charge in [0.2, 0.25) is 0 Å². The molecule has 1 aliphatic rings. The molecule has 0 aliphatic carbocycles. The molecule has 1 aliphatic heterocycles. The summed E-state index contributed by atoms with van der Waals surface area (Å²) in [5.41, 5.74) is 13.4. The fourth-order valence-corrected chi connectivity index (χ4v) is 7.52. The van der Waals surface area contributed by atoms with Gasteiger partial charge in [0.05, 0.1) is 11.4 Å². The lowest BCUT2D eigenvalue weighted by Crippen LogP contribution is -2.15. The van der Waals surface area contributed by atoms with Crippen molar-refractivity contribution < 1.29 is 4.42 Å². The van der Waals surface area contributed by atoms with Crippen molar-refractivity contribution in [1.29, 1.82) is 0 Å². The Morgan fingerprint density at radius 1 is 0.408 bits per heavy atom. The first-order chi connectivity index (χ1) is 24.3. The van der Waals surface area contributed by atoms with E-state index in [4.69, 9.17) is 4.42 Å². The Bertz CT molecular complexity index is 2650. The minimum absolute atomic E-state index is 0.881. The molecule has 3 heteroatoms. The number of hydrogen-bond donors (Lipinski definition) is 0. The van der Waals surface area contributed by atoms with E-state index in [1.807, 2.05) is 12.1 Å². The number of para-hydroxylation sites is 3. The summed E-state index contributed by atoms with van der Waals surface area (Å²) in [5, 5.41) is 4.79. The second-order valence-corrected chi connectivity index (χ2v) is 12.6. The first kappa shape index (κ1) is 27.5. The Morgan fingerprint density at radius 2 is 1.08 bits per heavy atom. The summed E-state index contributed by atoms with van der Waals surface area (Å²) in [6, 6.07) is 65.0. The Kier molecular flexibility index (Phi) is 6.18. The maximum atomic E-state index is 6.29. The van der Waals surface area contributed by atoms with E-state index in [9.17, 15) is 0 Å². The van der Waals surface area contributed by atoms with Gasteiger partial charge in [-0.3, -0.25) is 0 Å². The summed E-state index contributed by atoms with van der Waals surface area (Å²) in [4.78, 5) is 4.69. The maximum absolute atomic E-state index is 6.29. The highest BCUT2D eigenvalue weighted by Crippen LogP contribution is 2.51. The van der Waals surface area contributed by atoms with Gasteiger partial charge in [0.1, 0.15) is 11.2 Å². The highest BCUT2D eigenvalue weighted by Gasteiger charge is 2.26. The molecular weight excluding hydrogens is 597 g/mol. The topological polar surface area (TPSA) is 19.6 Å². The molecule has 0 unspecified atom stereocenters. The highest BCUT2D eigenvalue weighted by atomic mass is 16.3. The van der Waals surface area contributed by atoms with E-state index in [0.29, 0.717) is 0 Å². The van der Waals surface area contributed by atoms with Crippen molar-refractivity contribution in [2.45, 2.75) is 0 Å². The van der Waals surface area contributed by atoms with Crippen molar-refractivity contribution in [3.8, 4) is 22.3 Å². The van der Waals surface area contributed by atoms with Crippen LogP contribution < -0.4 is 9.80 Å². The zero-order valence-corrected chi connectivity index (χ0v) is 26.6. The molecule has 0 saturated carbocycles. The fourth-order valence-electron chi connectivity index (χ4n) is 7.52. The van der Waals surface area contributed by atoms with Crippen LogP contribution >= 0.6 is 0 Å². The minimum atomic E-state index is 0.881.